The van der Waals surface area contributed by atoms with E-state index in [2.05, 4.69) is 5.10 Å². The van der Waals surface area contributed by atoms with E-state index in [9.17, 15) is 28.6 Å². The third-order valence-corrected chi connectivity index (χ3v) is 5.66. The van der Waals surface area contributed by atoms with E-state index in [0.29, 0.717) is 5.56 Å². The van der Waals surface area contributed by atoms with Crippen LogP contribution < -0.4 is 5.73 Å². The largest absolute Gasteiger partial charge is 0.365 e. The van der Waals surface area contributed by atoms with Crippen molar-refractivity contribution in [1.29, 1.82) is 0 Å². The molecule has 0 bridgehead atoms. The second-order valence-electron chi connectivity index (χ2n) is 5.29. The lowest BCUT2D eigenvalue weighted by atomic mass is 10.2. The first-order chi connectivity index (χ1) is 11.6. The van der Waals surface area contributed by atoms with Crippen LogP contribution in [0.25, 0.3) is 0 Å². The van der Waals surface area contributed by atoms with Gasteiger partial charge >= 0.3 is 0 Å². The maximum Gasteiger partial charge on any atom is 0.273 e. The van der Waals surface area contributed by atoms with Gasteiger partial charge in [-0.15, -0.1) is 0 Å². The molecule has 2 N–H and O–H groups in total. The molecule has 0 amide bonds. The summed E-state index contributed by atoms with van der Waals surface area (Å²) >= 11 is 0. The Hall–Kier alpha value is -2.80. The molecule has 1 aliphatic rings. The molecule has 25 heavy (non-hydrogen) atoms. The molecule has 1 aromatic rings. The predicted molar refractivity (Wildman–Crippen MR) is 86.8 cm³/mol. The molecule has 0 aromatic heterocycles. The lowest BCUT2D eigenvalue weighted by Gasteiger charge is -2.33. The van der Waals surface area contributed by atoms with Gasteiger partial charge in [-0.2, -0.15) is 4.31 Å². The van der Waals surface area contributed by atoms with Gasteiger partial charge in [-0.3, -0.25) is 10.1 Å². The summed E-state index contributed by atoms with van der Waals surface area (Å²) in [6.07, 6.45) is 0. The Labute approximate surface area is 142 Å². The monoisotopic (exact) mass is 372 g/mol. The zero-order chi connectivity index (χ0) is 18.8. The van der Waals surface area contributed by atoms with Crippen LogP contribution in [0.1, 0.15) is 5.56 Å². The number of hydrogen-bond donors (Lipinski definition) is 1. The van der Waals surface area contributed by atoms with Crippen molar-refractivity contribution in [1.82, 2.24) is 9.21 Å². The van der Waals surface area contributed by atoms with Gasteiger partial charge < -0.3 is 10.6 Å². The van der Waals surface area contributed by atoms with Crippen LogP contribution in [0.15, 0.2) is 28.2 Å². The molecular formula is C12H16N6O6S. The van der Waals surface area contributed by atoms with Crippen LogP contribution in [0.2, 0.25) is 0 Å². The van der Waals surface area contributed by atoms with Gasteiger partial charge in [0, 0.05) is 37.8 Å². The predicted octanol–water partition coefficient (Wildman–Crippen LogP) is -0.284. The van der Waals surface area contributed by atoms with Crippen LogP contribution in [-0.4, -0.2) is 59.7 Å². The Morgan fingerprint density at radius 3 is 2.32 bits per heavy atom. The molecule has 1 saturated heterocycles. The minimum atomic E-state index is -3.92. The summed E-state index contributed by atoms with van der Waals surface area (Å²) in [6.45, 7) is 1.81. The number of nitro benzene ring substituents is 1. The van der Waals surface area contributed by atoms with Crippen LogP contribution in [0, 0.1) is 27.2 Å². The van der Waals surface area contributed by atoms with E-state index in [1.165, 1.54) is 24.0 Å². The number of sulfonamides is 1. The fourth-order valence-electron chi connectivity index (χ4n) is 2.40. The number of rotatable bonds is 4. The van der Waals surface area contributed by atoms with Gasteiger partial charge in [0.1, 0.15) is 5.10 Å². The quantitative estimate of drug-likeness (QED) is 0.326. The number of piperazine rings is 1. The normalized spacial score (nSPS) is 16.7. The molecule has 1 fully saturated rings. The van der Waals surface area contributed by atoms with E-state index in [0.717, 1.165) is 10.4 Å². The minimum Gasteiger partial charge on any atom is -0.365 e. The summed E-state index contributed by atoms with van der Waals surface area (Å²) in [5, 5.41) is 23.4. The summed E-state index contributed by atoms with van der Waals surface area (Å²) in [6, 6.07) is 3.72. The molecule has 2 rings (SSSR count). The van der Waals surface area contributed by atoms with E-state index in [-0.39, 0.29) is 42.7 Å². The van der Waals surface area contributed by atoms with Gasteiger partial charge in [0.2, 0.25) is 10.0 Å². The second-order valence-corrected chi connectivity index (χ2v) is 7.23. The van der Waals surface area contributed by atoms with Crippen LogP contribution >= 0.6 is 0 Å². The number of guanidine groups is 1. The van der Waals surface area contributed by atoms with Crippen molar-refractivity contribution < 1.29 is 18.4 Å². The van der Waals surface area contributed by atoms with Crippen molar-refractivity contribution in [3.05, 3.63) is 44.0 Å². The molecule has 1 aromatic carbocycles. The van der Waals surface area contributed by atoms with Gasteiger partial charge in [0.15, 0.2) is 5.03 Å². The van der Waals surface area contributed by atoms with Crippen LogP contribution in [0.5, 0.6) is 0 Å². The van der Waals surface area contributed by atoms with Crippen molar-refractivity contribution >= 4 is 21.7 Å². The Bertz CT molecular complexity index is 830. The zero-order valence-electron chi connectivity index (χ0n) is 13.2. The third kappa shape index (κ3) is 4.00. The number of nitrogens with zero attached hydrogens (tertiary/aromatic N) is 5. The van der Waals surface area contributed by atoms with Crippen molar-refractivity contribution in [2.24, 2.45) is 10.8 Å². The summed E-state index contributed by atoms with van der Waals surface area (Å²) in [7, 11) is -3.92. The molecule has 136 valence electrons. The number of benzene rings is 1. The van der Waals surface area contributed by atoms with E-state index >= 15 is 0 Å². The van der Waals surface area contributed by atoms with Gasteiger partial charge in [-0.25, -0.2) is 18.5 Å². The Kier molecular flexibility index (Phi) is 5.18. The lowest BCUT2D eigenvalue weighted by molar-refractivity contribution is -0.485. The van der Waals surface area contributed by atoms with E-state index in [1.54, 1.807) is 0 Å². The smallest absolute Gasteiger partial charge is 0.273 e. The molecule has 0 unspecified atom stereocenters. The van der Waals surface area contributed by atoms with Crippen LogP contribution in [-0.2, 0) is 10.0 Å². The standard InChI is InChI=1S/C12H16N6O6S/c1-9-2-3-10(8-11(9)17(19)20)25(23,24)16-6-4-15(5-7-16)12(13)14-18(21)22/h2-3,8H,4-7H2,1H3,(H2,13,14). The highest BCUT2D eigenvalue weighted by Gasteiger charge is 2.31. The SMILES string of the molecule is Cc1ccc(S(=O)(=O)N2CCN(/C(N)=N\[N+](=O)[O-])CC2)cc1[N+](=O)[O-]. The highest BCUT2D eigenvalue weighted by molar-refractivity contribution is 7.89. The molecule has 1 heterocycles. The van der Waals surface area contributed by atoms with Crippen LogP contribution in [0.4, 0.5) is 5.69 Å². The van der Waals surface area contributed by atoms with Crippen molar-refractivity contribution in [2.45, 2.75) is 11.8 Å². The Morgan fingerprint density at radius 1 is 1.20 bits per heavy atom. The summed E-state index contributed by atoms with van der Waals surface area (Å²) in [5.74, 6) is -0.298. The first-order valence-corrected chi connectivity index (χ1v) is 8.55. The highest BCUT2D eigenvalue weighted by Crippen LogP contribution is 2.25. The summed E-state index contributed by atoms with van der Waals surface area (Å²) < 4.78 is 26.4. The topological polar surface area (TPSA) is 165 Å². The van der Waals surface area contributed by atoms with Crippen molar-refractivity contribution in [3.8, 4) is 0 Å². The van der Waals surface area contributed by atoms with Gasteiger partial charge in [0.25, 0.3) is 11.6 Å². The van der Waals surface area contributed by atoms with E-state index in [4.69, 9.17) is 5.73 Å². The number of hydrazone groups is 1. The van der Waals surface area contributed by atoms with E-state index < -0.39 is 20.0 Å². The maximum atomic E-state index is 12.6. The first-order valence-electron chi connectivity index (χ1n) is 7.11. The maximum absolute atomic E-state index is 12.6. The van der Waals surface area contributed by atoms with E-state index in [1.807, 2.05) is 0 Å². The molecule has 12 nitrogen and oxygen atoms in total. The molecule has 13 heteroatoms. The van der Waals surface area contributed by atoms with Gasteiger partial charge in [-0.05, 0) is 13.0 Å². The third-order valence-electron chi connectivity index (χ3n) is 3.76. The Balaban J connectivity index is 2.19. The zero-order valence-corrected chi connectivity index (χ0v) is 14.0. The van der Waals surface area contributed by atoms with Gasteiger partial charge in [-0.1, -0.05) is 6.07 Å². The molecule has 0 atom stereocenters. The first kappa shape index (κ1) is 18.5. The molecule has 0 radical (unpaired) electrons. The number of aryl methyl sites for hydroxylation is 1. The fraction of sp³-hybridized carbons (Fsp3) is 0.417. The van der Waals surface area contributed by atoms with Crippen molar-refractivity contribution in [3.63, 3.8) is 0 Å². The molecular weight excluding hydrogens is 356 g/mol. The lowest BCUT2D eigenvalue weighted by Crippen LogP contribution is -2.52. The minimum absolute atomic E-state index is 0.0257. The Morgan fingerprint density at radius 2 is 1.80 bits per heavy atom. The number of hydrogen-bond acceptors (Lipinski definition) is 6. The number of nitro groups is 2. The summed E-state index contributed by atoms with van der Waals surface area (Å²) in [4.78, 5) is 21.9. The fourth-order valence-corrected chi connectivity index (χ4v) is 3.84. The van der Waals surface area contributed by atoms with Gasteiger partial charge in [0.05, 0.1) is 9.82 Å². The molecule has 0 spiro atoms. The molecule has 1 aliphatic heterocycles. The molecule has 0 saturated carbocycles. The average Bonchev–Trinajstić information content (AvgIpc) is 2.54. The average molecular weight is 372 g/mol. The highest BCUT2D eigenvalue weighted by atomic mass is 32.2. The number of nitrogens with two attached hydrogens (primary N) is 1. The van der Waals surface area contributed by atoms with Crippen molar-refractivity contribution in [2.75, 3.05) is 26.2 Å². The summed E-state index contributed by atoms with van der Waals surface area (Å²) in [5.41, 5.74) is 5.56. The van der Waals surface area contributed by atoms with Crippen LogP contribution in [0.3, 0.4) is 0 Å². The molecule has 0 aliphatic carbocycles. The second kappa shape index (κ2) is 6.98.